The quantitative estimate of drug-likeness (QED) is 0.488. The molecule has 160 valence electrons. The summed E-state index contributed by atoms with van der Waals surface area (Å²) in [6, 6.07) is 0. The standard InChI is InChI=1S/C27H46O/c1-18(2)7-6-8-19(3)22-14-16-27(5)23(22)11-12-24-25(27)10-9-20-17-21(28)13-15-26(20,24)4/h9,18-19,21-25,28H,6-8,10-17H2,1-5H3/t19-,21-,22-,23+,24+,25+,26+,27-/m0/s1. The highest BCUT2D eigenvalue weighted by atomic mass is 16.3. The van der Waals surface area contributed by atoms with Crippen molar-refractivity contribution in [1.29, 1.82) is 0 Å². The van der Waals surface area contributed by atoms with Crippen molar-refractivity contribution in [2.24, 2.45) is 46.3 Å². The summed E-state index contributed by atoms with van der Waals surface area (Å²) in [5, 5.41) is 10.2. The van der Waals surface area contributed by atoms with Crippen molar-refractivity contribution < 1.29 is 5.11 Å². The van der Waals surface area contributed by atoms with Crippen molar-refractivity contribution in [3.63, 3.8) is 0 Å². The molecule has 4 aliphatic carbocycles. The van der Waals surface area contributed by atoms with Gasteiger partial charge in [0.25, 0.3) is 0 Å². The van der Waals surface area contributed by atoms with E-state index in [1.165, 1.54) is 57.8 Å². The zero-order chi connectivity index (χ0) is 20.1. The van der Waals surface area contributed by atoms with Crippen molar-refractivity contribution in [2.75, 3.05) is 0 Å². The third-order valence-corrected chi connectivity index (χ3v) is 10.3. The molecule has 4 rings (SSSR count). The van der Waals surface area contributed by atoms with E-state index in [4.69, 9.17) is 0 Å². The summed E-state index contributed by atoms with van der Waals surface area (Å²) < 4.78 is 0. The predicted molar refractivity (Wildman–Crippen MR) is 119 cm³/mol. The average molecular weight is 387 g/mol. The maximum Gasteiger partial charge on any atom is 0.0577 e. The van der Waals surface area contributed by atoms with Gasteiger partial charge < -0.3 is 5.11 Å². The minimum atomic E-state index is -0.0784. The van der Waals surface area contributed by atoms with E-state index >= 15 is 0 Å². The molecule has 0 aromatic heterocycles. The van der Waals surface area contributed by atoms with Crippen molar-refractivity contribution in [1.82, 2.24) is 0 Å². The van der Waals surface area contributed by atoms with Gasteiger partial charge in [0.05, 0.1) is 6.10 Å². The zero-order valence-corrected chi connectivity index (χ0v) is 19.3. The Balaban J connectivity index is 1.49. The molecular formula is C27H46O. The monoisotopic (exact) mass is 386 g/mol. The minimum absolute atomic E-state index is 0.0784. The van der Waals surface area contributed by atoms with Gasteiger partial charge in [-0.2, -0.15) is 0 Å². The minimum Gasteiger partial charge on any atom is -0.393 e. The summed E-state index contributed by atoms with van der Waals surface area (Å²) >= 11 is 0. The number of allylic oxidation sites excluding steroid dienone is 1. The Morgan fingerprint density at radius 1 is 0.964 bits per heavy atom. The molecule has 3 saturated carbocycles. The van der Waals surface area contributed by atoms with Gasteiger partial charge in [0.1, 0.15) is 0 Å². The van der Waals surface area contributed by atoms with Crippen molar-refractivity contribution in [3.8, 4) is 0 Å². The second-order valence-corrected chi connectivity index (χ2v) is 12.2. The van der Waals surface area contributed by atoms with Gasteiger partial charge in [-0.3, -0.25) is 0 Å². The fraction of sp³-hybridized carbons (Fsp3) is 0.926. The van der Waals surface area contributed by atoms with E-state index in [1.807, 2.05) is 0 Å². The predicted octanol–water partition coefficient (Wildman–Crippen LogP) is 7.39. The number of hydrogen-bond donors (Lipinski definition) is 1. The summed E-state index contributed by atoms with van der Waals surface area (Å²) in [7, 11) is 0. The highest BCUT2D eigenvalue weighted by Gasteiger charge is 2.59. The van der Waals surface area contributed by atoms with Gasteiger partial charge in [0.15, 0.2) is 0 Å². The van der Waals surface area contributed by atoms with Crippen LogP contribution in [0.3, 0.4) is 0 Å². The van der Waals surface area contributed by atoms with E-state index < -0.39 is 0 Å². The van der Waals surface area contributed by atoms with Crippen molar-refractivity contribution >= 4 is 0 Å². The van der Waals surface area contributed by atoms with E-state index in [0.717, 1.165) is 48.3 Å². The van der Waals surface area contributed by atoms with Crippen LogP contribution in [0.4, 0.5) is 0 Å². The third-order valence-electron chi connectivity index (χ3n) is 10.3. The number of rotatable bonds is 5. The molecule has 3 fully saturated rings. The van der Waals surface area contributed by atoms with Crippen LogP contribution in [-0.4, -0.2) is 11.2 Å². The molecule has 0 saturated heterocycles. The molecule has 8 atom stereocenters. The largest absolute Gasteiger partial charge is 0.393 e. The van der Waals surface area contributed by atoms with E-state index in [0.29, 0.717) is 10.8 Å². The summed E-state index contributed by atoms with van der Waals surface area (Å²) in [6.45, 7) is 12.6. The first-order chi connectivity index (χ1) is 13.3. The molecule has 0 aliphatic heterocycles. The van der Waals surface area contributed by atoms with Crippen LogP contribution in [0.2, 0.25) is 0 Å². The fourth-order valence-electron chi connectivity index (χ4n) is 8.54. The molecule has 0 amide bonds. The van der Waals surface area contributed by atoms with Gasteiger partial charge in [-0.25, -0.2) is 0 Å². The Bertz CT molecular complexity index is 591. The molecule has 0 radical (unpaired) electrons. The Morgan fingerprint density at radius 2 is 1.71 bits per heavy atom. The number of hydrogen-bond acceptors (Lipinski definition) is 1. The second kappa shape index (κ2) is 7.75. The lowest BCUT2D eigenvalue weighted by atomic mass is 9.46. The van der Waals surface area contributed by atoms with Crippen LogP contribution < -0.4 is 0 Å². The molecule has 0 heterocycles. The molecule has 0 spiro atoms. The lowest BCUT2D eigenvalue weighted by Gasteiger charge is -2.59. The molecule has 1 heteroatoms. The van der Waals surface area contributed by atoms with E-state index in [1.54, 1.807) is 5.57 Å². The Hall–Kier alpha value is -0.300. The normalized spacial score (nSPS) is 46.5. The SMILES string of the molecule is CC(C)CCC[C@H](C)[C@@H]1CC[C@@]2(C)[C@@H]1CC[C@@H]1[C@H]2CC=C2C[C@@H](O)CC[C@]21C. The van der Waals surface area contributed by atoms with Gasteiger partial charge in [-0.1, -0.05) is 65.5 Å². The van der Waals surface area contributed by atoms with Crippen LogP contribution >= 0.6 is 0 Å². The second-order valence-electron chi connectivity index (χ2n) is 12.2. The molecule has 0 aromatic carbocycles. The number of aliphatic hydroxyl groups excluding tert-OH is 1. The summed E-state index contributed by atoms with van der Waals surface area (Å²) in [6.07, 6.45) is 17.2. The average Bonchev–Trinajstić information content (AvgIpc) is 2.99. The van der Waals surface area contributed by atoms with Crippen molar-refractivity contribution in [2.45, 2.75) is 111 Å². The molecule has 1 nitrogen and oxygen atoms in total. The maximum atomic E-state index is 10.2. The van der Waals surface area contributed by atoms with E-state index in [9.17, 15) is 5.11 Å². The Labute approximate surface area is 174 Å². The highest BCUT2D eigenvalue weighted by Crippen LogP contribution is 2.67. The van der Waals surface area contributed by atoms with Crippen LogP contribution in [0.25, 0.3) is 0 Å². The first kappa shape index (κ1) is 21.0. The van der Waals surface area contributed by atoms with Crippen LogP contribution in [0.5, 0.6) is 0 Å². The number of aliphatic hydroxyl groups is 1. The summed E-state index contributed by atoms with van der Waals surface area (Å²) in [5.41, 5.74) is 2.57. The third kappa shape index (κ3) is 3.42. The molecule has 1 N–H and O–H groups in total. The summed E-state index contributed by atoms with van der Waals surface area (Å²) in [4.78, 5) is 0. The van der Waals surface area contributed by atoms with Crippen molar-refractivity contribution in [3.05, 3.63) is 11.6 Å². The molecule has 4 aliphatic rings. The molecule has 0 unspecified atom stereocenters. The molecule has 28 heavy (non-hydrogen) atoms. The maximum absolute atomic E-state index is 10.2. The Kier molecular flexibility index (Phi) is 5.80. The first-order valence-electron chi connectivity index (χ1n) is 12.6. The van der Waals surface area contributed by atoms with Gasteiger partial charge in [0.2, 0.25) is 0 Å². The smallest absolute Gasteiger partial charge is 0.0577 e. The lowest BCUT2D eigenvalue weighted by molar-refractivity contribution is -0.0635. The molecular weight excluding hydrogens is 340 g/mol. The summed E-state index contributed by atoms with van der Waals surface area (Å²) in [5.74, 6) is 5.48. The van der Waals surface area contributed by atoms with Gasteiger partial charge >= 0.3 is 0 Å². The molecule has 0 bridgehead atoms. The first-order valence-corrected chi connectivity index (χ1v) is 12.6. The van der Waals surface area contributed by atoms with E-state index in [2.05, 4.69) is 40.7 Å². The van der Waals surface area contributed by atoms with Crippen LogP contribution in [-0.2, 0) is 0 Å². The fourth-order valence-corrected chi connectivity index (χ4v) is 8.54. The molecule has 0 aromatic rings. The highest BCUT2D eigenvalue weighted by molar-refractivity contribution is 5.25. The lowest BCUT2D eigenvalue weighted by Crippen LogP contribution is -2.51. The van der Waals surface area contributed by atoms with Crippen LogP contribution in [0.1, 0.15) is 105 Å². The number of fused-ring (bicyclic) bond motifs is 5. The van der Waals surface area contributed by atoms with Gasteiger partial charge in [0, 0.05) is 0 Å². The van der Waals surface area contributed by atoms with E-state index in [-0.39, 0.29) is 6.10 Å². The van der Waals surface area contributed by atoms with Gasteiger partial charge in [-0.15, -0.1) is 0 Å². The topological polar surface area (TPSA) is 20.2 Å². The zero-order valence-electron chi connectivity index (χ0n) is 19.3. The Morgan fingerprint density at radius 3 is 2.46 bits per heavy atom. The van der Waals surface area contributed by atoms with Gasteiger partial charge in [-0.05, 0) is 97.7 Å². The van der Waals surface area contributed by atoms with Crippen LogP contribution in [0, 0.1) is 46.3 Å². The van der Waals surface area contributed by atoms with Crippen LogP contribution in [0.15, 0.2) is 11.6 Å².